The van der Waals surface area contributed by atoms with Gasteiger partial charge < -0.3 is 9.88 Å². The molecule has 0 radical (unpaired) electrons. The maximum atomic E-state index is 13.7. The molecule has 0 spiro atoms. The van der Waals surface area contributed by atoms with Crippen molar-refractivity contribution in [2.24, 2.45) is 0 Å². The minimum atomic E-state index is -1.71. The highest BCUT2D eigenvalue weighted by Gasteiger charge is 2.18. The first-order valence-electron chi connectivity index (χ1n) is 7.75. The maximum Gasteiger partial charge on any atom is 0.263 e. The monoisotopic (exact) mass is 392 g/mol. The van der Waals surface area contributed by atoms with Gasteiger partial charge in [0.05, 0.1) is 12.2 Å². The van der Waals surface area contributed by atoms with Crippen molar-refractivity contribution < 1.29 is 18.0 Å². The van der Waals surface area contributed by atoms with Gasteiger partial charge >= 0.3 is 0 Å². The van der Waals surface area contributed by atoms with Crippen molar-refractivity contribution in [2.75, 3.05) is 5.32 Å². The lowest BCUT2D eigenvalue weighted by Crippen LogP contribution is -2.29. The molecule has 1 heterocycles. The Morgan fingerprint density at radius 1 is 1.00 bits per heavy atom. The third kappa shape index (κ3) is 4.03. The molecular formula is C19H12ClF3N2O2. The fourth-order valence-electron chi connectivity index (χ4n) is 2.43. The van der Waals surface area contributed by atoms with Crippen LogP contribution in [0.3, 0.4) is 0 Å². The zero-order valence-electron chi connectivity index (χ0n) is 13.7. The number of nitrogens with zero attached hydrogens (tertiary/aromatic N) is 1. The molecule has 27 heavy (non-hydrogen) atoms. The lowest BCUT2D eigenvalue weighted by Gasteiger charge is -2.10. The molecule has 8 heteroatoms. The van der Waals surface area contributed by atoms with Gasteiger partial charge in [-0.15, -0.1) is 0 Å². The molecular weight excluding hydrogens is 381 g/mol. The third-order valence-corrected chi connectivity index (χ3v) is 4.07. The van der Waals surface area contributed by atoms with Gasteiger partial charge in [0.25, 0.3) is 11.5 Å². The molecule has 3 rings (SSSR count). The number of benzene rings is 2. The van der Waals surface area contributed by atoms with Gasteiger partial charge in [-0.05, 0) is 42.0 Å². The van der Waals surface area contributed by atoms with E-state index in [0.29, 0.717) is 11.1 Å². The summed E-state index contributed by atoms with van der Waals surface area (Å²) in [5, 5.41) is 2.63. The number of hydrogen-bond acceptors (Lipinski definition) is 2. The minimum Gasteiger partial charge on any atom is -0.319 e. The molecule has 0 saturated carbocycles. The van der Waals surface area contributed by atoms with E-state index in [2.05, 4.69) is 5.32 Å². The number of pyridine rings is 1. The van der Waals surface area contributed by atoms with E-state index in [4.69, 9.17) is 11.6 Å². The summed E-state index contributed by atoms with van der Waals surface area (Å²) in [6, 6.07) is 11.1. The summed E-state index contributed by atoms with van der Waals surface area (Å²) >= 11 is 5.82. The van der Waals surface area contributed by atoms with Crippen LogP contribution in [0.15, 0.2) is 59.5 Å². The molecule has 1 aromatic heterocycles. The van der Waals surface area contributed by atoms with Crippen LogP contribution in [0.5, 0.6) is 0 Å². The number of rotatable bonds is 4. The first kappa shape index (κ1) is 18.7. The largest absolute Gasteiger partial charge is 0.319 e. The van der Waals surface area contributed by atoms with Crippen molar-refractivity contribution in [2.45, 2.75) is 6.54 Å². The van der Waals surface area contributed by atoms with Crippen LogP contribution < -0.4 is 10.9 Å². The molecule has 2 aromatic carbocycles. The molecule has 0 aliphatic carbocycles. The predicted octanol–water partition coefficient (Wildman–Crippen LogP) is 4.22. The summed E-state index contributed by atoms with van der Waals surface area (Å²) in [6.07, 6.45) is 1.49. The fourth-order valence-corrected chi connectivity index (χ4v) is 2.56. The van der Waals surface area contributed by atoms with Crippen molar-refractivity contribution in [3.63, 3.8) is 0 Å². The number of aromatic nitrogens is 1. The van der Waals surface area contributed by atoms with Crippen LogP contribution in [0.4, 0.5) is 18.9 Å². The second kappa shape index (κ2) is 7.67. The van der Waals surface area contributed by atoms with Gasteiger partial charge in [-0.1, -0.05) is 23.7 Å². The highest BCUT2D eigenvalue weighted by Crippen LogP contribution is 2.20. The Bertz CT molecular complexity index is 1070. The average Bonchev–Trinajstić information content (AvgIpc) is 2.65. The number of amides is 1. The zero-order chi connectivity index (χ0) is 19.6. The Kier molecular flexibility index (Phi) is 5.32. The Morgan fingerprint density at radius 3 is 2.41 bits per heavy atom. The first-order valence-corrected chi connectivity index (χ1v) is 8.13. The number of carbonyl (C=O) groups is 1. The lowest BCUT2D eigenvalue weighted by molar-refractivity contribution is 0.102. The van der Waals surface area contributed by atoms with E-state index in [-0.39, 0.29) is 12.1 Å². The molecule has 0 unspecified atom stereocenters. The van der Waals surface area contributed by atoms with E-state index in [9.17, 15) is 22.8 Å². The molecule has 0 saturated heterocycles. The van der Waals surface area contributed by atoms with E-state index in [0.717, 1.165) is 11.6 Å². The Hall–Kier alpha value is -3.06. The molecule has 0 fully saturated rings. The van der Waals surface area contributed by atoms with Crippen molar-refractivity contribution in [1.29, 1.82) is 0 Å². The van der Waals surface area contributed by atoms with Crippen LogP contribution in [-0.2, 0) is 6.54 Å². The van der Waals surface area contributed by atoms with Gasteiger partial charge in [-0.25, -0.2) is 13.2 Å². The Balaban J connectivity index is 1.87. The molecule has 0 atom stereocenters. The number of halogens is 4. The van der Waals surface area contributed by atoms with E-state index in [1.165, 1.54) is 22.9 Å². The molecule has 3 aromatic rings. The second-order valence-electron chi connectivity index (χ2n) is 5.66. The average molecular weight is 393 g/mol. The number of hydrogen-bond donors (Lipinski definition) is 1. The smallest absolute Gasteiger partial charge is 0.263 e. The highest BCUT2D eigenvalue weighted by molar-refractivity contribution is 6.30. The molecule has 0 aliphatic rings. The molecule has 1 N–H and O–H groups in total. The third-order valence-electron chi connectivity index (χ3n) is 3.81. The summed E-state index contributed by atoms with van der Waals surface area (Å²) < 4.78 is 41.3. The van der Waals surface area contributed by atoms with Crippen LogP contribution in [-0.4, -0.2) is 10.5 Å². The van der Waals surface area contributed by atoms with Crippen molar-refractivity contribution in [1.82, 2.24) is 4.57 Å². The summed E-state index contributed by atoms with van der Waals surface area (Å²) in [6.45, 7) is 0.191. The van der Waals surface area contributed by atoms with Crippen LogP contribution >= 0.6 is 11.6 Å². The zero-order valence-corrected chi connectivity index (χ0v) is 14.4. The summed E-state index contributed by atoms with van der Waals surface area (Å²) in [4.78, 5) is 24.8. The quantitative estimate of drug-likeness (QED) is 0.676. The minimum absolute atomic E-state index is 0.191. The summed E-state index contributed by atoms with van der Waals surface area (Å²) in [5.74, 6) is -5.56. The Labute approximate surface area is 156 Å². The van der Waals surface area contributed by atoms with Crippen molar-refractivity contribution in [3.8, 4) is 0 Å². The molecule has 0 aliphatic heterocycles. The van der Waals surface area contributed by atoms with Gasteiger partial charge in [0.15, 0.2) is 17.5 Å². The fraction of sp³-hybridized carbons (Fsp3) is 0.0526. The van der Waals surface area contributed by atoms with Gasteiger partial charge in [0.1, 0.15) is 5.56 Å². The summed E-state index contributed by atoms with van der Waals surface area (Å²) in [5.41, 5.74) is -0.666. The van der Waals surface area contributed by atoms with Crippen molar-refractivity contribution in [3.05, 3.63) is 98.7 Å². The van der Waals surface area contributed by atoms with Crippen molar-refractivity contribution >= 4 is 23.2 Å². The van der Waals surface area contributed by atoms with Crippen LogP contribution in [0.1, 0.15) is 15.9 Å². The Morgan fingerprint density at radius 2 is 1.70 bits per heavy atom. The highest BCUT2D eigenvalue weighted by atomic mass is 35.5. The molecule has 138 valence electrons. The first-order chi connectivity index (χ1) is 12.9. The normalized spacial score (nSPS) is 10.7. The number of carbonyl (C=O) groups excluding carboxylic acids is 1. The van der Waals surface area contributed by atoms with E-state index < -0.39 is 34.6 Å². The van der Waals surface area contributed by atoms with Gasteiger partial charge in [-0.3, -0.25) is 9.59 Å². The van der Waals surface area contributed by atoms with Crippen LogP contribution in [0, 0.1) is 17.5 Å². The molecule has 4 nitrogen and oxygen atoms in total. The SMILES string of the molecule is O=C(Nc1ccc(F)c(F)c1F)c1cccn(Cc2ccc(Cl)cc2)c1=O. The second-order valence-corrected chi connectivity index (χ2v) is 6.09. The van der Waals surface area contributed by atoms with Gasteiger partial charge in [0, 0.05) is 11.2 Å². The number of nitrogens with one attached hydrogen (secondary N) is 1. The van der Waals surface area contributed by atoms with E-state index in [1.54, 1.807) is 24.3 Å². The van der Waals surface area contributed by atoms with E-state index in [1.807, 2.05) is 0 Å². The predicted molar refractivity (Wildman–Crippen MR) is 95.5 cm³/mol. The lowest BCUT2D eigenvalue weighted by atomic mass is 10.2. The van der Waals surface area contributed by atoms with Crippen LogP contribution in [0.25, 0.3) is 0 Å². The van der Waals surface area contributed by atoms with Crippen LogP contribution in [0.2, 0.25) is 5.02 Å². The van der Waals surface area contributed by atoms with E-state index >= 15 is 0 Å². The number of anilines is 1. The summed E-state index contributed by atoms with van der Waals surface area (Å²) in [7, 11) is 0. The topological polar surface area (TPSA) is 51.1 Å². The molecule has 1 amide bonds. The van der Waals surface area contributed by atoms with Gasteiger partial charge in [-0.2, -0.15) is 0 Å². The maximum absolute atomic E-state index is 13.7. The van der Waals surface area contributed by atoms with Gasteiger partial charge in [0.2, 0.25) is 0 Å². The standard InChI is InChI=1S/C19H12ClF3N2O2/c20-12-5-3-11(4-6-12)10-25-9-1-2-13(19(25)27)18(26)24-15-8-7-14(21)16(22)17(15)23/h1-9H,10H2,(H,24,26). The molecule has 0 bridgehead atoms.